The van der Waals surface area contributed by atoms with Crippen LogP contribution in [0.15, 0.2) is 0 Å². The number of likely N-dealkylation sites (tertiary alicyclic amines) is 1. The summed E-state index contributed by atoms with van der Waals surface area (Å²) >= 11 is 0. The van der Waals surface area contributed by atoms with Gasteiger partial charge in [0.25, 0.3) is 0 Å². The molecule has 1 aliphatic heterocycles. The van der Waals surface area contributed by atoms with Gasteiger partial charge >= 0.3 is 6.09 Å². The summed E-state index contributed by atoms with van der Waals surface area (Å²) in [6.07, 6.45) is 1.61. The maximum absolute atomic E-state index is 11.5. The highest BCUT2D eigenvalue weighted by Crippen LogP contribution is 2.10. The molecule has 2 atom stereocenters. The van der Waals surface area contributed by atoms with Gasteiger partial charge < -0.3 is 20.5 Å². The van der Waals surface area contributed by atoms with Gasteiger partial charge in [-0.2, -0.15) is 0 Å². The van der Waals surface area contributed by atoms with Crippen molar-refractivity contribution in [2.75, 3.05) is 19.7 Å². The summed E-state index contributed by atoms with van der Waals surface area (Å²) in [5, 5.41) is 9.39. The normalized spacial score (nSPS) is 26.5. The van der Waals surface area contributed by atoms with E-state index < -0.39 is 6.10 Å². The van der Waals surface area contributed by atoms with Gasteiger partial charge in [-0.15, -0.1) is 0 Å². The predicted octanol–water partition coefficient (Wildman–Crippen LogP) is 0.317. The molecule has 1 fully saturated rings. The summed E-state index contributed by atoms with van der Waals surface area (Å²) < 4.78 is 5.06. The van der Waals surface area contributed by atoms with Crippen molar-refractivity contribution in [3.05, 3.63) is 0 Å². The van der Waals surface area contributed by atoms with Crippen LogP contribution in [-0.2, 0) is 4.74 Å². The summed E-state index contributed by atoms with van der Waals surface area (Å²) in [7, 11) is 0. The molecule has 0 aliphatic carbocycles. The van der Waals surface area contributed by atoms with Crippen LogP contribution >= 0.6 is 0 Å². The van der Waals surface area contributed by atoms with Crippen molar-refractivity contribution in [1.82, 2.24) is 4.90 Å². The molecular formula is C10H20N2O3. The number of aliphatic hydroxyl groups excluding tert-OH is 1. The zero-order valence-corrected chi connectivity index (χ0v) is 9.19. The molecule has 1 heterocycles. The van der Waals surface area contributed by atoms with Gasteiger partial charge in [0.1, 0.15) is 0 Å². The zero-order valence-electron chi connectivity index (χ0n) is 9.19. The summed E-state index contributed by atoms with van der Waals surface area (Å²) in [5.74, 6) is 0. The van der Waals surface area contributed by atoms with E-state index in [1.807, 2.05) is 6.92 Å². The minimum Gasteiger partial charge on any atom is -0.449 e. The van der Waals surface area contributed by atoms with Crippen molar-refractivity contribution in [1.29, 1.82) is 0 Å². The van der Waals surface area contributed by atoms with Gasteiger partial charge in [0.15, 0.2) is 0 Å². The van der Waals surface area contributed by atoms with Gasteiger partial charge in [-0.25, -0.2) is 4.79 Å². The second kappa shape index (κ2) is 5.92. The maximum atomic E-state index is 11.5. The van der Waals surface area contributed by atoms with Crippen molar-refractivity contribution in [2.45, 2.75) is 38.3 Å². The van der Waals surface area contributed by atoms with Gasteiger partial charge in [-0.3, -0.25) is 0 Å². The van der Waals surface area contributed by atoms with Crippen molar-refractivity contribution in [2.24, 2.45) is 5.73 Å². The van der Waals surface area contributed by atoms with Gasteiger partial charge in [0.05, 0.1) is 12.7 Å². The molecule has 1 rings (SSSR count). The molecule has 0 spiro atoms. The van der Waals surface area contributed by atoms with Crippen LogP contribution < -0.4 is 5.73 Å². The minimum absolute atomic E-state index is 0.314. The van der Waals surface area contributed by atoms with Crippen molar-refractivity contribution < 1.29 is 14.6 Å². The number of aliphatic hydroxyl groups is 1. The monoisotopic (exact) mass is 216 g/mol. The number of carbonyl (C=O) groups excluding carboxylic acids is 1. The average Bonchev–Trinajstić information content (AvgIpc) is 2.22. The van der Waals surface area contributed by atoms with E-state index in [0.717, 1.165) is 12.8 Å². The number of amides is 1. The van der Waals surface area contributed by atoms with E-state index in [0.29, 0.717) is 26.1 Å². The van der Waals surface area contributed by atoms with Gasteiger partial charge in [0.2, 0.25) is 0 Å². The smallest absolute Gasteiger partial charge is 0.409 e. The zero-order chi connectivity index (χ0) is 11.3. The van der Waals surface area contributed by atoms with Gasteiger partial charge in [-0.1, -0.05) is 13.3 Å². The number of ether oxygens (including phenoxy) is 1. The van der Waals surface area contributed by atoms with Crippen molar-refractivity contribution in [3.8, 4) is 0 Å². The lowest BCUT2D eigenvalue weighted by atomic mass is 10.0. The Labute approximate surface area is 90.2 Å². The quantitative estimate of drug-likeness (QED) is 0.666. The Kier molecular flexibility index (Phi) is 4.84. The largest absolute Gasteiger partial charge is 0.449 e. The molecule has 15 heavy (non-hydrogen) atoms. The van der Waals surface area contributed by atoms with Crippen LogP contribution in [0.1, 0.15) is 26.2 Å². The summed E-state index contributed by atoms with van der Waals surface area (Å²) in [5.41, 5.74) is 5.66. The third-order valence-electron chi connectivity index (χ3n) is 2.60. The summed E-state index contributed by atoms with van der Waals surface area (Å²) in [6.45, 7) is 3.41. The van der Waals surface area contributed by atoms with Gasteiger partial charge in [0, 0.05) is 19.1 Å². The number of rotatable bonds is 3. The lowest BCUT2D eigenvalue weighted by Gasteiger charge is -2.33. The standard InChI is InChI=1S/C10H20N2O3/c1-2-3-6-15-10(14)12-5-4-9(13)8(11)7-12/h8-9,13H,2-7,11H2,1H3/t8-,9-/m1/s1. The van der Waals surface area contributed by atoms with Gasteiger partial charge in [-0.05, 0) is 12.8 Å². The molecule has 1 amide bonds. The molecule has 3 N–H and O–H groups in total. The molecule has 0 saturated carbocycles. The minimum atomic E-state index is -0.496. The number of carbonyl (C=O) groups is 1. The SMILES string of the molecule is CCCCOC(=O)N1CC[C@@H](O)[C@H](N)C1. The fourth-order valence-corrected chi connectivity index (χ4v) is 1.53. The summed E-state index contributed by atoms with van der Waals surface area (Å²) in [6, 6.07) is -0.350. The van der Waals surface area contributed by atoms with E-state index in [9.17, 15) is 9.90 Å². The third-order valence-corrected chi connectivity index (χ3v) is 2.60. The lowest BCUT2D eigenvalue weighted by Crippen LogP contribution is -2.53. The number of nitrogens with zero attached hydrogens (tertiary/aromatic N) is 1. The molecule has 1 aliphatic rings. The number of nitrogens with two attached hydrogens (primary N) is 1. The first-order valence-corrected chi connectivity index (χ1v) is 5.50. The fraction of sp³-hybridized carbons (Fsp3) is 0.900. The van der Waals surface area contributed by atoms with Crippen LogP contribution in [0.2, 0.25) is 0 Å². The van der Waals surface area contributed by atoms with Crippen molar-refractivity contribution >= 4 is 6.09 Å². The number of hydrogen-bond acceptors (Lipinski definition) is 4. The molecule has 0 aromatic carbocycles. The molecule has 0 aromatic heterocycles. The fourth-order valence-electron chi connectivity index (χ4n) is 1.53. The van der Waals surface area contributed by atoms with E-state index in [1.54, 1.807) is 4.90 Å². The number of piperidine rings is 1. The van der Waals surface area contributed by atoms with E-state index in [4.69, 9.17) is 10.5 Å². The summed E-state index contributed by atoms with van der Waals surface area (Å²) in [4.78, 5) is 13.1. The second-order valence-electron chi connectivity index (χ2n) is 3.93. The molecule has 5 nitrogen and oxygen atoms in total. The molecule has 0 aromatic rings. The molecule has 5 heteroatoms. The maximum Gasteiger partial charge on any atom is 0.409 e. The van der Waals surface area contributed by atoms with Crippen LogP contribution in [0.5, 0.6) is 0 Å². The average molecular weight is 216 g/mol. The Bertz CT molecular complexity index is 211. The molecule has 1 saturated heterocycles. The molecule has 0 unspecified atom stereocenters. The van der Waals surface area contributed by atoms with Crippen molar-refractivity contribution in [3.63, 3.8) is 0 Å². The highest BCUT2D eigenvalue weighted by atomic mass is 16.6. The van der Waals surface area contributed by atoms with Crippen LogP contribution in [-0.4, -0.2) is 47.9 Å². The number of hydrogen-bond donors (Lipinski definition) is 2. The first-order chi connectivity index (χ1) is 7.15. The highest BCUT2D eigenvalue weighted by Gasteiger charge is 2.28. The Morgan fingerprint density at radius 1 is 1.67 bits per heavy atom. The Morgan fingerprint density at radius 3 is 3.00 bits per heavy atom. The molecule has 0 bridgehead atoms. The lowest BCUT2D eigenvalue weighted by molar-refractivity contribution is 0.0463. The van der Waals surface area contributed by atoms with Crippen LogP contribution in [0.3, 0.4) is 0 Å². The Morgan fingerprint density at radius 2 is 2.40 bits per heavy atom. The first-order valence-electron chi connectivity index (χ1n) is 5.50. The first kappa shape index (κ1) is 12.3. The van der Waals surface area contributed by atoms with Crippen LogP contribution in [0.4, 0.5) is 4.79 Å². The van der Waals surface area contributed by atoms with Crippen LogP contribution in [0, 0.1) is 0 Å². The van der Waals surface area contributed by atoms with E-state index in [-0.39, 0.29) is 12.1 Å². The Balaban J connectivity index is 2.28. The molecule has 0 radical (unpaired) electrons. The number of unbranched alkanes of at least 4 members (excludes halogenated alkanes) is 1. The predicted molar refractivity (Wildman–Crippen MR) is 56.4 cm³/mol. The highest BCUT2D eigenvalue weighted by molar-refractivity contribution is 5.67. The molecule has 88 valence electrons. The van der Waals surface area contributed by atoms with E-state index in [1.165, 1.54) is 0 Å². The van der Waals surface area contributed by atoms with Crippen LogP contribution in [0.25, 0.3) is 0 Å². The van der Waals surface area contributed by atoms with E-state index in [2.05, 4.69) is 0 Å². The molecular weight excluding hydrogens is 196 g/mol. The second-order valence-corrected chi connectivity index (χ2v) is 3.93. The van der Waals surface area contributed by atoms with E-state index >= 15 is 0 Å². The Hall–Kier alpha value is -0.810. The topological polar surface area (TPSA) is 75.8 Å². The third kappa shape index (κ3) is 3.68.